The molecule has 22 heavy (non-hydrogen) atoms. The van der Waals surface area contributed by atoms with E-state index in [0.717, 1.165) is 24.1 Å². The minimum absolute atomic E-state index is 0.0401. The maximum absolute atomic E-state index is 12.9. The Morgan fingerprint density at radius 3 is 2.09 bits per heavy atom. The Bertz CT molecular complexity index is 588. The van der Waals surface area contributed by atoms with Crippen molar-refractivity contribution in [3.05, 3.63) is 66.2 Å². The summed E-state index contributed by atoms with van der Waals surface area (Å²) < 4.78 is 0. The number of carbonyl (C=O) groups excluding carboxylic acids is 1. The summed E-state index contributed by atoms with van der Waals surface area (Å²) in [7, 11) is 0. The molecule has 2 nitrogen and oxygen atoms in total. The van der Waals surface area contributed by atoms with Crippen LogP contribution in [0.3, 0.4) is 0 Å². The van der Waals surface area contributed by atoms with Crippen LogP contribution in [0, 0.1) is 5.92 Å². The fourth-order valence-electron chi connectivity index (χ4n) is 3.51. The van der Waals surface area contributed by atoms with Gasteiger partial charge in [-0.05, 0) is 36.5 Å². The molecule has 1 aliphatic rings. The lowest BCUT2D eigenvalue weighted by molar-refractivity contribution is -0.119. The summed E-state index contributed by atoms with van der Waals surface area (Å²) in [6.07, 6.45) is 6.10. The van der Waals surface area contributed by atoms with Crippen LogP contribution in [0.1, 0.15) is 43.6 Å². The Balaban J connectivity index is 1.82. The second-order valence-electron chi connectivity index (χ2n) is 6.14. The summed E-state index contributed by atoms with van der Waals surface area (Å²) in [5, 5.41) is 3.10. The summed E-state index contributed by atoms with van der Waals surface area (Å²) in [6.45, 7) is 0. The van der Waals surface area contributed by atoms with E-state index in [-0.39, 0.29) is 11.8 Å². The van der Waals surface area contributed by atoms with Crippen LogP contribution in [-0.4, -0.2) is 5.91 Å². The first-order valence-corrected chi connectivity index (χ1v) is 8.25. The van der Waals surface area contributed by atoms with Crippen molar-refractivity contribution in [1.29, 1.82) is 0 Å². The number of rotatable bonds is 4. The van der Waals surface area contributed by atoms with Gasteiger partial charge in [-0.25, -0.2) is 0 Å². The van der Waals surface area contributed by atoms with E-state index in [0.29, 0.717) is 5.92 Å². The molecule has 1 fully saturated rings. The topological polar surface area (TPSA) is 29.1 Å². The van der Waals surface area contributed by atoms with Crippen LogP contribution in [0.25, 0.3) is 0 Å². The van der Waals surface area contributed by atoms with Crippen LogP contribution in [0.15, 0.2) is 60.7 Å². The number of amides is 1. The lowest BCUT2D eigenvalue weighted by atomic mass is 9.76. The molecule has 2 aromatic rings. The van der Waals surface area contributed by atoms with Gasteiger partial charge < -0.3 is 5.32 Å². The standard InChI is InChI=1S/C20H23NO/c22-20(21-18-14-8-3-9-15-18)19(16-10-4-1-5-11-16)17-12-6-2-7-13-17/h1,3-5,8-11,14-15,17,19H,2,6-7,12-13H2,(H,21,22). The zero-order valence-electron chi connectivity index (χ0n) is 12.9. The molecule has 1 aliphatic carbocycles. The van der Waals surface area contributed by atoms with Gasteiger partial charge in [0.15, 0.2) is 0 Å². The number of anilines is 1. The SMILES string of the molecule is O=C(Nc1ccccc1)C(c1ccccc1)C1CCCCC1. The fourth-order valence-corrected chi connectivity index (χ4v) is 3.51. The molecule has 0 spiro atoms. The lowest BCUT2D eigenvalue weighted by Gasteiger charge is -2.29. The van der Waals surface area contributed by atoms with Crippen molar-refractivity contribution in [2.24, 2.45) is 5.92 Å². The van der Waals surface area contributed by atoms with Gasteiger partial charge in [-0.2, -0.15) is 0 Å². The van der Waals surface area contributed by atoms with E-state index in [1.165, 1.54) is 19.3 Å². The van der Waals surface area contributed by atoms with Crippen LogP contribution in [0.2, 0.25) is 0 Å². The van der Waals surface area contributed by atoms with Crippen LogP contribution in [-0.2, 0) is 4.79 Å². The molecule has 1 unspecified atom stereocenters. The third kappa shape index (κ3) is 3.56. The van der Waals surface area contributed by atoms with E-state index in [2.05, 4.69) is 17.4 Å². The summed E-state index contributed by atoms with van der Waals surface area (Å²) >= 11 is 0. The van der Waals surface area contributed by atoms with Gasteiger partial charge in [0.1, 0.15) is 0 Å². The highest BCUT2D eigenvalue weighted by Crippen LogP contribution is 2.36. The second-order valence-corrected chi connectivity index (χ2v) is 6.14. The minimum atomic E-state index is -0.0401. The van der Waals surface area contributed by atoms with E-state index in [1.54, 1.807) is 0 Å². The zero-order valence-corrected chi connectivity index (χ0v) is 12.9. The molecule has 0 aliphatic heterocycles. The monoisotopic (exact) mass is 293 g/mol. The number of para-hydroxylation sites is 1. The number of benzene rings is 2. The molecule has 1 N–H and O–H groups in total. The minimum Gasteiger partial charge on any atom is -0.326 e. The summed E-state index contributed by atoms with van der Waals surface area (Å²) in [4.78, 5) is 12.9. The van der Waals surface area contributed by atoms with Crippen LogP contribution in [0.4, 0.5) is 5.69 Å². The maximum atomic E-state index is 12.9. The first-order valence-electron chi connectivity index (χ1n) is 8.25. The van der Waals surface area contributed by atoms with Crippen molar-refractivity contribution in [1.82, 2.24) is 0 Å². The van der Waals surface area contributed by atoms with E-state index >= 15 is 0 Å². The number of nitrogens with one attached hydrogen (secondary N) is 1. The van der Waals surface area contributed by atoms with Gasteiger partial charge in [0.25, 0.3) is 0 Å². The predicted molar refractivity (Wildman–Crippen MR) is 90.8 cm³/mol. The van der Waals surface area contributed by atoms with Crippen molar-refractivity contribution in [3.8, 4) is 0 Å². The second kappa shape index (κ2) is 7.26. The molecule has 1 saturated carbocycles. The summed E-state index contributed by atoms with van der Waals surface area (Å²) in [5.41, 5.74) is 2.02. The largest absolute Gasteiger partial charge is 0.326 e. The predicted octanol–water partition coefficient (Wildman–Crippen LogP) is 4.99. The van der Waals surface area contributed by atoms with Gasteiger partial charge in [-0.3, -0.25) is 4.79 Å². The molecule has 0 saturated heterocycles. The molecule has 1 atom stereocenters. The normalized spacial score (nSPS) is 16.9. The molecule has 114 valence electrons. The number of hydrogen-bond donors (Lipinski definition) is 1. The highest BCUT2D eigenvalue weighted by Gasteiger charge is 2.30. The molecule has 0 radical (unpaired) electrons. The Morgan fingerprint density at radius 1 is 0.864 bits per heavy atom. The van der Waals surface area contributed by atoms with Gasteiger partial charge >= 0.3 is 0 Å². The molecular formula is C20H23NO. The quantitative estimate of drug-likeness (QED) is 0.845. The number of carbonyl (C=O) groups is 1. The van der Waals surface area contributed by atoms with Crippen LogP contribution < -0.4 is 5.32 Å². The average Bonchev–Trinajstić information content (AvgIpc) is 2.58. The van der Waals surface area contributed by atoms with Gasteiger partial charge in [0.2, 0.25) is 5.91 Å². The van der Waals surface area contributed by atoms with Crippen molar-refractivity contribution in [3.63, 3.8) is 0 Å². The molecule has 0 bridgehead atoms. The van der Waals surface area contributed by atoms with E-state index < -0.39 is 0 Å². The molecule has 3 rings (SSSR count). The molecule has 2 aromatic carbocycles. The fraction of sp³-hybridized carbons (Fsp3) is 0.350. The smallest absolute Gasteiger partial charge is 0.232 e. The number of hydrogen-bond acceptors (Lipinski definition) is 1. The van der Waals surface area contributed by atoms with Gasteiger partial charge in [0, 0.05) is 5.69 Å². The highest BCUT2D eigenvalue weighted by molar-refractivity contribution is 5.96. The third-order valence-electron chi connectivity index (χ3n) is 4.60. The van der Waals surface area contributed by atoms with Crippen molar-refractivity contribution in [2.45, 2.75) is 38.0 Å². The lowest BCUT2D eigenvalue weighted by Crippen LogP contribution is -2.29. The van der Waals surface area contributed by atoms with Crippen molar-refractivity contribution in [2.75, 3.05) is 5.32 Å². The molecule has 0 heterocycles. The van der Waals surface area contributed by atoms with E-state index in [4.69, 9.17) is 0 Å². The van der Waals surface area contributed by atoms with Crippen LogP contribution >= 0.6 is 0 Å². The van der Waals surface area contributed by atoms with Crippen LogP contribution in [0.5, 0.6) is 0 Å². The Labute approximate surface area is 132 Å². The molecule has 0 aromatic heterocycles. The van der Waals surface area contributed by atoms with Crippen molar-refractivity contribution >= 4 is 11.6 Å². The summed E-state index contributed by atoms with van der Waals surface area (Å²) in [5.74, 6) is 0.547. The first kappa shape index (κ1) is 14.8. The van der Waals surface area contributed by atoms with Gasteiger partial charge in [0.05, 0.1) is 5.92 Å². The highest BCUT2D eigenvalue weighted by atomic mass is 16.1. The third-order valence-corrected chi connectivity index (χ3v) is 4.60. The van der Waals surface area contributed by atoms with Gasteiger partial charge in [-0.1, -0.05) is 67.8 Å². The van der Waals surface area contributed by atoms with Gasteiger partial charge in [-0.15, -0.1) is 0 Å². The first-order chi connectivity index (χ1) is 10.8. The zero-order chi connectivity index (χ0) is 15.2. The van der Waals surface area contributed by atoms with E-state index in [9.17, 15) is 4.79 Å². The Kier molecular flexibility index (Phi) is 4.89. The summed E-state index contributed by atoms with van der Waals surface area (Å²) in [6, 6.07) is 20.0. The molecular weight excluding hydrogens is 270 g/mol. The average molecular weight is 293 g/mol. The van der Waals surface area contributed by atoms with E-state index in [1.807, 2.05) is 48.5 Å². The maximum Gasteiger partial charge on any atom is 0.232 e. The molecule has 1 amide bonds. The Hall–Kier alpha value is -2.09. The van der Waals surface area contributed by atoms with Crippen molar-refractivity contribution < 1.29 is 4.79 Å². The Morgan fingerprint density at radius 2 is 1.45 bits per heavy atom. The molecule has 2 heteroatoms.